The summed E-state index contributed by atoms with van der Waals surface area (Å²) in [6.45, 7) is 1.62. The van der Waals surface area contributed by atoms with Gasteiger partial charge in [-0.3, -0.25) is 0 Å². The summed E-state index contributed by atoms with van der Waals surface area (Å²) >= 11 is 0. The van der Waals surface area contributed by atoms with Crippen LogP contribution in [0.4, 0.5) is 0 Å². The Balaban J connectivity index is 1.67. The Hall–Kier alpha value is -2.18. The second-order valence-electron chi connectivity index (χ2n) is 3.84. The van der Waals surface area contributed by atoms with E-state index in [0.717, 1.165) is 18.5 Å². The maximum Gasteiger partial charge on any atom is 0.115 e. The first-order valence-electron chi connectivity index (χ1n) is 5.94. The van der Waals surface area contributed by atoms with Crippen molar-refractivity contribution in [3.63, 3.8) is 0 Å². The normalized spacial score (nSPS) is 9.56. The summed E-state index contributed by atoms with van der Waals surface area (Å²) in [5, 5.41) is 3.29. The van der Waals surface area contributed by atoms with Crippen molar-refractivity contribution in [2.45, 2.75) is 6.42 Å². The molecule has 0 spiro atoms. The van der Waals surface area contributed by atoms with Crippen molar-refractivity contribution in [2.24, 2.45) is 0 Å². The van der Waals surface area contributed by atoms with Gasteiger partial charge >= 0.3 is 0 Å². The lowest BCUT2D eigenvalue weighted by Gasteiger charge is -2.00. The first-order valence-corrected chi connectivity index (χ1v) is 5.94. The number of benzene rings is 1. The first kappa shape index (κ1) is 12.3. The van der Waals surface area contributed by atoms with Crippen molar-refractivity contribution in [1.29, 1.82) is 0 Å². The summed E-state index contributed by atoms with van der Waals surface area (Å²) in [7, 11) is 0. The van der Waals surface area contributed by atoms with Gasteiger partial charge in [-0.1, -0.05) is 42.2 Å². The van der Waals surface area contributed by atoms with Gasteiger partial charge in [0.25, 0.3) is 0 Å². The van der Waals surface area contributed by atoms with Crippen LogP contribution in [0.2, 0.25) is 0 Å². The number of nitrogens with zero attached hydrogens (tertiary/aromatic N) is 2. The van der Waals surface area contributed by atoms with Crippen LogP contribution in [0.1, 0.15) is 11.1 Å². The van der Waals surface area contributed by atoms with E-state index >= 15 is 0 Å². The lowest BCUT2D eigenvalue weighted by atomic mass is 10.1. The Kier molecular flexibility index (Phi) is 4.92. The molecule has 2 rings (SSSR count). The zero-order valence-electron chi connectivity index (χ0n) is 10.1. The smallest absolute Gasteiger partial charge is 0.115 e. The average Bonchev–Trinajstić information content (AvgIpc) is 2.45. The van der Waals surface area contributed by atoms with E-state index in [1.165, 1.54) is 11.9 Å². The topological polar surface area (TPSA) is 37.8 Å². The third kappa shape index (κ3) is 4.36. The highest BCUT2D eigenvalue weighted by Gasteiger charge is 1.89. The predicted octanol–water partition coefficient (Wildman–Crippen LogP) is 1.66. The average molecular weight is 237 g/mol. The summed E-state index contributed by atoms with van der Waals surface area (Å²) < 4.78 is 0. The van der Waals surface area contributed by atoms with E-state index in [-0.39, 0.29) is 0 Å². The molecule has 0 radical (unpaired) electrons. The largest absolute Gasteiger partial charge is 0.306 e. The van der Waals surface area contributed by atoms with Crippen LogP contribution in [-0.2, 0) is 6.42 Å². The zero-order chi connectivity index (χ0) is 12.5. The summed E-state index contributed by atoms with van der Waals surface area (Å²) in [5.41, 5.74) is 2.19. The van der Waals surface area contributed by atoms with Crippen molar-refractivity contribution < 1.29 is 0 Å². The molecule has 90 valence electrons. The van der Waals surface area contributed by atoms with Gasteiger partial charge in [-0.25, -0.2) is 9.97 Å². The molecule has 0 unspecified atom stereocenters. The fraction of sp³-hybridized carbons (Fsp3) is 0.200. The second-order valence-corrected chi connectivity index (χ2v) is 3.84. The third-order valence-electron chi connectivity index (χ3n) is 2.44. The molecule has 2 aromatic rings. The van der Waals surface area contributed by atoms with E-state index in [2.05, 4.69) is 51.4 Å². The van der Waals surface area contributed by atoms with Crippen LogP contribution in [0, 0.1) is 11.8 Å². The molecular formula is C15H15N3. The highest BCUT2D eigenvalue weighted by Crippen LogP contribution is 1.97. The molecule has 1 aromatic heterocycles. The Bertz CT molecular complexity index is 512. The molecule has 3 heteroatoms. The molecule has 0 aliphatic rings. The standard InChI is InChI=1S/C15H15N3/c1-2-5-14(6-3-1)8-10-16-9-4-7-15-11-17-13-18-12-15/h1-3,5-6,11-13,16H,8-10H2. The minimum absolute atomic E-state index is 0.682. The Morgan fingerprint density at radius 2 is 1.83 bits per heavy atom. The lowest BCUT2D eigenvalue weighted by molar-refractivity contribution is 0.753. The SMILES string of the molecule is C(#Cc1cncnc1)CNCCc1ccccc1. The van der Waals surface area contributed by atoms with E-state index in [9.17, 15) is 0 Å². The number of hydrogen-bond acceptors (Lipinski definition) is 3. The number of nitrogens with one attached hydrogen (secondary N) is 1. The van der Waals surface area contributed by atoms with Crippen molar-refractivity contribution in [1.82, 2.24) is 15.3 Å². The molecule has 3 nitrogen and oxygen atoms in total. The molecule has 0 fully saturated rings. The molecule has 0 aliphatic carbocycles. The fourth-order valence-corrected chi connectivity index (χ4v) is 1.54. The Morgan fingerprint density at radius 3 is 2.61 bits per heavy atom. The van der Waals surface area contributed by atoms with Crippen LogP contribution in [0.3, 0.4) is 0 Å². The van der Waals surface area contributed by atoms with Gasteiger partial charge < -0.3 is 5.32 Å². The minimum Gasteiger partial charge on any atom is -0.306 e. The van der Waals surface area contributed by atoms with Gasteiger partial charge in [-0.15, -0.1) is 0 Å². The Morgan fingerprint density at radius 1 is 1.06 bits per heavy atom. The maximum atomic E-state index is 3.91. The zero-order valence-corrected chi connectivity index (χ0v) is 10.1. The van der Waals surface area contributed by atoms with Crippen molar-refractivity contribution in [2.75, 3.05) is 13.1 Å². The first-order chi connectivity index (χ1) is 8.95. The predicted molar refractivity (Wildman–Crippen MR) is 71.9 cm³/mol. The molecule has 0 saturated carbocycles. The van der Waals surface area contributed by atoms with Crippen molar-refractivity contribution >= 4 is 0 Å². The van der Waals surface area contributed by atoms with Gasteiger partial charge in [0.2, 0.25) is 0 Å². The van der Waals surface area contributed by atoms with Gasteiger partial charge in [-0.05, 0) is 12.0 Å². The molecule has 1 aromatic carbocycles. The molecule has 0 aliphatic heterocycles. The monoisotopic (exact) mass is 237 g/mol. The molecule has 18 heavy (non-hydrogen) atoms. The van der Waals surface area contributed by atoms with Crippen LogP contribution in [-0.4, -0.2) is 23.1 Å². The Labute approximate surface area is 107 Å². The number of aromatic nitrogens is 2. The van der Waals surface area contributed by atoms with Crippen LogP contribution in [0.5, 0.6) is 0 Å². The summed E-state index contributed by atoms with van der Waals surface area (Å²) in [4.78, 5) is 7.81. The molecule has 0 atom stereocenters. The van der Waals surface area contributed by atoms with Crippen molar-refractivity contribution in [3.8, 4) is 11.8 Å². The van der Waals surface area contributed by atoms with Crippen LogP contribution >= 0.6 is 0 Å². The van der Waals surface area contributed by atoms with E-state index < -0.39 is 0 Å². The second kappa shape index (κ2) is 7.21. The van der Waals surface area contributed by atoms with Crippen LogP contribution < -0.4 is 5.32 Å². The summed E-state index contributed by atoms with van der Waals surface area (Å²) in [5.74, 6) is 6.05. The fourth-order valence-electron chi connectivity index (χ4n) is 1.54. The van der Waals surface area contributed by atoms with Gasteiger partial charge in [0.15, 0.2) is 0 Å². The van der Waals surface area contributed by atoms with E-state index in [1.807, 2.05) is 6.07 Å². The van der Waals surface area contributed by atoms with E-state index in [1.54, 1.807) is 12.4 Å². The molecule has 0 amide bonds. The molecule has 0 saturated heterocycles. The van der Waals surface area contributed by atoms with Gasteiger partial charge in [0.1, 0.15) is 6.33 Å². The number of rotatable bonds is 4. The highest BCUT2D eigenvalue weighted by atomic mass is 14.8. The highest BCUT2D eigenvalue weighted by molar-refractivity contribution is 5.29. The van der Waals surface area contributed by atoms with Crippen LogP contribution in [0.15, 0.2) is 49.1 Å². The summed E-state index contributed by atoms with van der Waals surface area (Å²) in [6.07, 6.45) is 5.95. The molecule has 1 N–H and O–H groups in total. The molecule has 0 bridgehead atoms. The minimum atomic E-state index is 0.682. The molecule has 1 heterocycles. The van der Waals surface area contributed by atoms with Gasteiger partial charge in [-0.2, -0.15) is 0 Å². The maximum absolute atomic E-state index is 3.91. The third-order valence-corrected chi connectivity index (χ3v) is 2.44. The van der Waals surface area contributed by atoms with Crippen LogP contribution in [0.25, 0.3) is 0 Å². The van der Waals surface area contributed by atoms with E-state index in [4.69, 9.17) is 0 Å². The number of hydrogen-bond donors (Lipinski definition) is 1. The van der Waals surface area contributed by atoms with E-state index in [0.29, 0.717) is 6.54 Å². The molecular weight excluding hydrogens is 222 g/mol. The van der Waals surface area contributed by atoms with Crippen molar-refractivity contribution in [3.05, 3.63) is 60.2 Å². The van der Waals surface area contributed by atoms with Gasteiger partial charge in [0, 0.05) is 18.9 Å². The van der Waals surface area contributed by atoms with Gasteiger partial charge in [0.05, 0.1) is 12.1 Å². The summed E-state index contributed by atoms with van der Waals surface area (Å²) in [6, 6.07) is 10.4. The quantitative estimate of drug-likeness (QED) is 0.649. The lowest BCUT2D eigenvalue weighted by Crippen LogP contribution is -2.17.